The van der Waals surface area contributed by atoms with Crippen LogP contribution < -0.4 is 5.32 Å². The van der Waals surface area contributed by atoms with Crippen molar-refractivity contribution in [3.05, 3.63) is 64.4 Å². The molecule has 0 unspecified atom stereocenters. The van der Waals surface area contributed by atoms with Crippen molar-refractivity contribution in [2.45, 2.75) is 6.54 Å². The highest BCUT2D eigenvalue weighted by molar-refractivity contribution is 7.07. The van der Waals surface area contributed by atoms with Crippen molar-refractivity contribution < 1.29 is 0 Å². The normalized spacial score (nSPS) is 10.3. The SMILES string of the molecule is N#Cc1ccc(NCc2ccsc2)c2ccccc12. The van der Waals surface area contributed by atoms with E-state index in [-0.39, 0.29) is 0 Å². The van der Waals surface area contributed by atoms with Crippen LogP contribution in [0.5, 0.6) is 0 Å². The number of nitriles is 1. The number of rotatable bonds is 3. The fourth-order valence-electron chi connectivity index (χ4n) is 2.14. The summed E-state index contributed by atoms with van der Waals surface area (Å²) in [5.41, 5.74) is 3.07. The van der Waals surface area contributed by atoms with Crippen LogP contribution in [-0.4, -0.2) is 0 Å². The van der Waals surface area contributed by atoms with Crippen LogP contribution in [0.3, 0.4) is 0 Å². The minimum atomic E-state index is 0.719. The van der Waals surface area contributed by atoms with E-state index in [4.69, 9.17) is 5.26 Å². The van der Waals surface area contributed by atoms with E-state index in [0.717, 1.165) is 28.6 Å². The van der Waals surface area contributed by atoms with Crippen LogP contribution in [0.25, 0.3) is 10.8 Å². The van der Waals surface area contributed by atoms with Crippen LogP contribution in [0.2, 0.25) is 0 Å². The van der Waals surface area contributed by atoms with Gasteiger partial charge in [0.25, 0.3) is 0 Å². The lowest BCUT2D eigenvalue weighted by Gasteiger charge is -2.10. The highest BCUT2D eigenvalue weighted by atomic mass is 32.1. The molecule has 0 aliphatic carbocycles. The van der Waals surface area contributed by atoms with Gasteiger partial charge in [0.15, 0.2) is 0 Å². The largest absolute Gasteiger partial charge is 0.380 e. The minimum Gasteiger partial charge on any atom is -0.380 e. The van der Waals surface area contributed by atoms with Crippen LogP contribution >= 0.6 is 11.3 Å². The summed E-state index contributed by atoms with van der Waals surface area (Å²) in [5.74, 6) is 0. The predicted molar refractivity (Wildman–Crippen MR) is 80.3 cm³/mol. The zero-order valence-corrected chi connectivity index (χ0v) is 11.1. The lowest BCUT2D eigenvalue weighted by molar-refractivity contribution is 1.17. The van der Waals surface area contributed by atoms with E-state index in [1.807, 2.05) is 36.4 Å². The van der Waals surface area contributed by atoms with Crippen LogP contribution in [0.4, 0.5) is 5.69 Å². The first-order valence-electron chi connectivity index (χ1n) is 6.05. The predicted octanol–water partition coefficient (Wildman–Crippen LogP) is 4.39. The Balaban J connectivity index is 1.98. The average molecular weight is 264 g/mol. The van der Waals surface area contributed by atoms with E-state index >= 15 is 0 Å². The molecule has 3 aromatic rings. The Morgan fingerprint density at radius 3 is 2.63 bits per heavy atom. The molecule has 0 aliphatic heterocycles. The summed E-state index contributed by atoms with van der Waals surface area (Å²) in [6, 6.07) is 16.2. The maximum atomic E-state index is 9.14. The molecule has 1 N–H and O–H groups in total. The topological polar surface area (TPSA) is 35.8 Å². The number of hydrogen-bond acceptors (Lipinski definition) is 3. The first-order valence-corrected chi connectivity index (χ1v) is 6.99. The molecule has 0 fully saturated rings. The van der Waals surface area contributed by atoms with Gasteiger partial charge in [-0.3, -0.25) is 0 Å². The average Bonchev–Trinajstić information content (AvgIpc) is 2.98. The second-order valence-electron chi connectivity index (χ2n) is 4.30. The summed E-state index contributed by atoms with van der Waals surface area (Å²) in [5, 5.41) is 18.9. The summed E-state index contributed by atoms with van der Waals surface area (Å²) in [6.07, 6.45) is 0. The third kappa shape index (κ3) is 2.31. The van der Waals surface area contributed by atoms with Gasteiger partial charge in [0.05, 0.1) is 11.6 Å². The van der Waals surface area contributed by atoms with Crippen LogP contribution in [0.1, 0.15) is 11.1 Å². The van der Waals surface area contributed by atoms with Gasteiger partial charge >= 0.3 is 0 Å². The fourth-order valence-corrected chi connectivity index (χ4v) is 2.81. The Hall–Kier alpha value is -2.31. The van der Waals surface area contributed by atoms with Crippen molar-refractivity contribution in [1.29, 1.82) is 5.26 Å². The van der Waals surface area contributed by atoms with Crippen molar-refractivity contribution in [1.82, 2.24) is 0 Å². The molecule has 19 heavy (non-hydrogen) atoms. The van der Waals surface area contributed by atoms with Gasteiger partial charge in [0.2, 0.25) is 0 Å². The Bertz CT molecular complexity index is 739. The van der Waals surface area contributed by atoms with E-state index in [1.165, 1.54) is 5.56 Å². The third-order valence-corrected chi connectivity index (χ3v) is 3.84. The molecule has 3 heteroatoms. The molecular weight excluding hydrogens is 252 g/mol. The summed E-state index contributed by atoms with van der Waals surface area (Å²) in [7, 11) is 0. The molecule has 0 bridgehead atoms. The first-order chi connectivity index (χ1) is 9.38. The number of thiophene rings is 1. The Morgan fingerprint density at radius 1 is 1.05 bits per heavy atom. The molecule has 0 radical (unpaired) electrons. The molecule has 3 rings (SSSR count). The molecule has 0 amide bonds. The molecule has 0 spiro atoms. The van der Waals surface area contributed by atoms with Gasteiger partial charge in [-0.2, -0.15) is 16.6 Å². The Morgan fingerprint density at radius 2 is 1.89 bits per heavy atom. The lowest BCUT2D eigenvalue weighted by atomic mass is 10.0. The van der Waals surface area contributed by atoms with E-state index in [0.29, 0.717) is 0 Å². The summed E-state index contributed by atoms with van der Waals surface area (Å²) < 4.78 is 0. The molecular formula is C16H12N2S. The molecule has 0 atom stereocenters. The smallest absolute Gasteiger partial charge is 0.0998 e. The van der Waals surface area contributed by atoms with E-state index in [9.17, 15) is 0 Å². The monoisotopic (exact) mass is 264 g/mol. The van der Waals surface area contributed by atoms with Crippen molar-refractivity contribution in [3.63, 3.8) is 0 Å². The fraction of sp³-hybridized carbons (Fsp3) is 0.0625. The summed E-state index contributed by atoms with van der Waals surface area (Å²) in [6.45, 7) is 0.805. The van der Waals surface area contributed by atoms with E-state index < -0.39 is 0 Å². The molecule has 92 valence electrons. The molecule has 2 nitrogen and oxygen atoms in total. The highest BCUT2D eigenvalue weighted by Gasteiger charge is 2.05. The van der Waals surface area contributed by atoms with Gasteiger partial charge < -0.3 is 5.32 Å². The maximum absolute atomic E-state index is 9.14. The summed E-state index contributed by atoms with van der Waals surface area (Å²) >= 11 is 1.70. The van der Waals surface area contributed by atoms with Crippen molar-refractivity contribution in [2.75, 3.05) is 5.32 Å². The molecule has 1 aromatic heterocycles. The molecule has 1 heterocycles. The number of fused-ring (bicyclic) bond motifs is 1. The molecule has 0 saturated carbocycles. The lowest BCUT2D eigenvalue weighted by Crippen LogP contribution is -1.99. The first kappa shape index (κ1) is 11.8. The number of benzene rings is 2. The second kappa shape index (κ2) is 5.13. The van der Waals surface area contributed by atoms with Crippen molar-refractivity contribution >= 4 is 27.8 Å². The molecule has 0 aliphatic rings. The van der Waals surface area contributed by atoms with Crippen LogP contribution in [0.15, 0.2) is 53.2 Å². The second-order valence-corrected chi connectivity index (χ2v) is 5.08. The Labute approximate surface area is 115 Å². The van der Waals surface area contributed by atoms with Gasteiger partial charge in [0, 0.05) is 23.0 Å². The number of nitrogens with one attached hydrogen (secondary N) is 1. The third-order valence-electron chi connectivity index (χ3n) is 3.11. The molecule has 2 aromatic carbocycles. The van der Waals surface area contributed by atoms with Gasteiger partial charge in [-0.1, -0.05) is 24.3 Å². The van der Waals surface area contributed by atoms with Crippen molar-refractivity contribution in [3.8, 4) is 6.07 Å². The summed E-state index contributed by atoms with van der Waals surface area (Å²) in [4.78, 5) is 0. The standard InChI is InChI=1S/C16H12N2S/c17-9-13-5-6-16(15-4-2-1-3-14(13)15)18-10-12-7-8-19-11-12/h1-8,11,18H,10H2. The highest BCUT2D eigenvalue weighted by Crippen LogP contribution is 2.26. The number of nitrogens with zero attached hydrogens (tertiary/aromatic N) is 1. The Kier molecular flexibility index (Phi) is 3.18. The van der Waals surface area contributed by atoms with Crippen LogP contribution in [0, 0.1) is 11.3 Å². The van der Waals surface area contributed by atoms with Gasteiger partial charge in [-0.15, -0.1) is 0 Å². The van der Waals surface area contributed by atoms with Gasteiger partial charge in [-0.05, 0) is 34.5 Å². The van der Waals surface area contributed by atoms with Crippen LogP contribution in [-0.2, 0) is 6.54 Å². The van der Waals surface area contributed by atoms with Gasteiger partial charge in [0.1, 0.15) is 0 Å². The van der Waals surface area contributed by atoms with E-state index in [1.54, 1.807) is 11.3 Å². The zero-order valence-electron chi connectivity index (χ0n) is 10.3. The maximum Gasteiger partial charge on any atom is 0.0998 e. The minimum absolute atomic E-state index is 0.719. The number of hydrogen-bond donors (Lipinski definition) is 1. The van der Waals surface area contributed by atoms with Crippen molar-refractivity contribution in [2.24, 2.45) is 0 Å². The quantitative estimate of drug-likeness (QED) is 0.761. The van der Waals surface area contributed by atoms with E-state index in [2.05, 4.69) is 28.2 Å². The van der Waals surface area contributed by atoms with Gasteiger partial charge in [-0.25, -0.2) is 0 Å². The molecule has 0 saturated heterocycles. The number of anilines is 1. The zero-order chi connectivity index (χ0) is 13.1.